The first-order valence-electron chi connectivity index (χ1n) is 19.2. The molecule has 0 saturated heterocycles. The molecule has 6 aromatic rings. The van der Waals surface area contributed by atoms with Gasteiger partial charge in [-0.05, 0) is 72.2 Å². The zero-order chi connectivity index (χ0) is 47.1. The zero-order valence-corrected chi connectivity index (χ0v) is 39.9. The van der Waals surface area contributed by atoms with Crippen LogP contribution in [0.3, 0.4) is 0 Å². The van der Waals surface area contributed by atoms with Crippen LogP contribution < -0.4 is 0 Å². The Labute approximate surface area is 375 Å². The van der Waals surface area contributed by atoms with E-state index in [1.807, 2.05) is 77.9 Å². The SMILES string of the molecule is CCc1ccc2[cH-]c(C(C)C)cc2c1-c1cc(C(F)(F)F)cc(C(F)(F)F)c1.CCc1ccc2[cH-]c(C(C)C)cc2c1-c1cc(C(F)(F)F)cc(C(F)(F)F)c1.C[Si]C.[Cl][Zr+2][Cl]. The number of halogens is 14. The molecule has 6 rings (SSSR count). The molecule has 0 heterocycles. The van der Waals surface area contributed by atoms with E-state index in [1.54, 1.807) is 12.1 Å². The van der Waals surface area contributed by atoms with Crippen LogP contribution in [0.1, 0.15) is 97.9 Å². The summed E-state index contributed by atoms with van der Waals surface area (Å²) in [5, 5.41) is 2.97. The molecule has 62 heavy (non-hydrogen) atoms. The molecule has 0 aromatic heterocycles. The van der Waals surface area contributed by atoms with Gasteiger partial charge >= 0.3 is 62.6 Å². The Bertz CT molecular complexity index is 2170. The predicted molar refractivity (Wildman–Crippen MR) is 226 cm³/mol. The van der Waals surface area contributed by atoms with Crippen molar-refractivity contribution in [3.8, 4) is 22.3 Å². The summed E-state index contributed by atoms with van der Waals surface area (Å²) in [6, 6.07) is 18.4. The second-order valence-corrected chi connectivity index (χ2v) is 19.7. The summed E-state index contributed by atoms with van der Waals surface area (Å²) in [5.74, 6) is 0.384. The van der Waals surface area contributed by atoms with Crippen LogP contribution in [0.4, 0.5) is 52.7 Å². The van der Waals surface area contributed by atoms with E-state index in [0.29, 0.717) is 45.9 Å². The van der Waals surface area contributed by atoms with Gasteiger partial charge in [0, 0.05) is 9.52 Å². The summed E-state index contributed by atoms with van der Waals surface area (Å²) in [5.41, 5.74) is -1.05. The first-order valence-corrected chi connectivity index (χ1v) is 27.6. The van der Waals surface area contributed by atoms with Crippen LogP contribution in [-0.4, -0.2) is 9.52 Å². The Morgan fingerprint density at radius 2 is 0.758 bits per heavy atom. The van der Waals surface area contributed by atoms with Gasteiger partial charge in [0.1, 0.15) is 0 Å². The van der Waals surface area contributed by atoms with Gasteiger partial charge in [-0.15, -0.1) is 69.1 Å². The Hall–Kier alpha value is -3.06. The number of hydrogen-bond acceptors (Lipinski definition) is 0. The molecule has 0 bridgehead atoms. The van der Waals surface area contributed by atoms with Crippen LogP contribution in [0.15, 0.2) is 84.9 Å². The fourth-order valence-electron chi connectivity index (χ4n) is 6.84. The van der Waals surface area contributed by atoms with Crippen molar-refractivity contribution in [2.75, 3.05) is 0 Å². The summed E-state index contributed by atoms with van der Waals surface area (Å²) in [7, 11) is 11.0. The van der Waals surface area contributed by atoms with Gasteiger partial charge in [0.25, 0.3) is 0 Å². The first-order chi connectivity index (χ1) is 28.7. The van der Waals surface area contributed by atoms with Crippen molar-refractivity contribution >= 4 is 48.1 Å². The van der Waals surface area contributed by atoms with Gasteiger partial charge in [0.05, 0.1) is 22.3 Å². The van der Waals surface area contributed by atoms with Crippen LogP contribution in [0, 0.1) is 0 Å². The number of fused-ring (bicyclic) bond motifs is 2. The molecule has 0 spiro atoms. The first kappa shape index (κ1) is 53.3. The molecule has 0 unspecified atom stereocenters. The second kappa shape index (κ2) is 21.7. The van der Waals surface area contributed by atoms with E-state index in [-0.39, 0.29) is 35.1 Å². The van der Waals surface area contributed by atoms with Crippen molar-refractivity contribution in [1.29, 1.82) is 0 Å². The number of hydrogen-bond donors (Lipinski definition) is 0. The average molecular weight is 1020 g/mol. The summed E-state index contributed by atoms with van der Waals surface area (Å²) in [4.78, 5) is 0. The monoisotopic (exact) mass is 1010 g/mol. The molecule has 0 N–H and O–H groups in total. The van der Waals surface area contributed by atoms with E-state index < -0.39 is 67.8 Å². The zero-order valence-electron chi connectivity index (χ0n) is 34.9. The van der Waals surface area contributed by atoms with Gasteiger partial charge in [-0.25, -0.2) is 0 Å². The van der Waals surface area contributed by atoms with Gasteiger partial charge in [0.15, 0.2) is 0 Å². The van der Waals surface area contributed by atoms with Gasteiger partial charge in [-0.2, -0.15) is 64.8 Å². The molecule has 0 atom stereocenters. The van der Waals surface area contributed by atoms with E-state index in [2.05, 4.69) is 13.1 Å². The second-order valence-electron chi connectivity index (χ2n) is 15.0. The molecule has 2 radical (unpaired) electrons. The topological polar surface area (TPSA) is 0 Å². The van der Waals surface area contributed by atoms with Crippen LogP contribution in [-0.2, 0) is 58.4 Å². The Kier molecular flexibility index (Phi) is 18.7. The fraction of sp³-hybridized carbons (Fsp3) is 0.348. The Morgan fingerprint density at radius 1 is 0.500 bits per heavy atom. The van der Waals surface area contributed by atoms with Gasteiger partial charge in [-0.3, -0.25) is 0 Å². The summed E-state index contributed by atoms with van der Waals surface area (Å²) in [6.45, 7) is 15.9. The Morgan fingerprint density at radius 3 is 0.968 bits per heavy atom. The quantitative estimate of drug-likeness (QED) is 0.0886. The van der Waals surface area contributed by atoms with Gasteiger partial charge in [0.2, 0.25) is 0 Å². The third-order valence-electron chi connectivity index (χ3n) is 9.85. The summed E-state index contributed by atoms with van der Waals surface area (Å²) >= 11 is -0.826. The number of rotatable bonds is 6. The van der Waals surface area contributed by atoms with E-state index in [0.717, 1.165) is 55.7 Å². The minimum atomic E-state index is -4.87. The van der Waals surface area contributed by atoms with Crippen molar-refractivity contribution in [2.24, 2.45) is 0 Å². The van der Waals surface area contributed by atoms with Gasteiger partial charge < -0.3 is 0 Å². The third-order valence-corrected chi connectivity index (χ3v) is 9.85. The molecule has 16 heteroatoms. The molecule has 0 amide bonds. The van der Waals surface area contributed by atoms with E-state index >= 15 is 0 Å². The maximum atomic E-state index is 13.3. The van der Waals surface area contributed by atoms with Crippen molar-refractivity contribution < 1.29 is 73.5 Å². The molecule has 0 fully saturated rings. The molecule has 334 valence electrons. The standard InChI is InChI=1S/2C22H19F6.C2H6Si.2ClH.Zr/c2*1-4-13-5-6-14-7-15(12(2)3)10-19(14)20(13)16-8-17(21(23,24)25)11-18(9-16)22(26,27)28;1-3-2;;;/h2*5-12H,4H2,1-3H3;1-2H3;2*1H;/q2*-1;;;;+4/p-2. The molecule has 0 aliphatic heterocycles. The van der Waals surface area contributed by atoms with Crippen molar-refractivity contribution in [1.82, 2.24) is 0 Å². The molecular weight excluding hydrogens is 971 g/mol. The van der Waals surface area contributed by atoms with E-state index in [4.69, 9.17) is 17.0 Å². The Balaban J connectivity index is 0.000000293. The summed E-state index contributed by atoms with van der Waals surface area (Å²) in [6.07, 6.45) is -18.5. The average Bonchev–Trinajstić information content (AvgIpc) is 3.82. The predicted octanol–water partition coefficient (Wildman–Crippen LogP) is 18.1. The number of benzene rings is 4. The van der Waals surface area contributed by atoms with Crippen LogP contribution in [0.2, 0.25) is 13.1 Å². The molecule has 0 aliphatic rings. The summed E-state index contributed by atoms with van der Waals surface area (Å²) < 4.78 is 159. The van der Waals surface area contributed by atoms with Crippen LogP contribution >= 0.6 is 17.0 Å². The fourth-order valence-corrected chi connectivity index (χ4v) is 6.84. The van der Waals surface area contributed by atoms with Crippen LogP contribution in [0.5, 0.6) is 0 Å². The molecule has 0 aliphatic carbocycles. The number of aryl methyl sites for hydroxylation is 2. The van der Waals surface area contributed by atoms with Crippen molar-refractivity contribution in [3.63, 3.8) is 0 Å². The van der Waals surface area contributed by atoms with Gasteiger partial charge in [-0.1, -0.05) is 76.9 Å². The molecule has 0 saturated carbocycles. The van der Waals surface area contributed by atoms with Crippen molar-refractivity contribution in [3.05, 3.63) is 129 Å². The maximum absolute atomic E-state index is 13.3. The molecule has 6 aromatic carbocycles. The van der Waals surface area contributed by atoms with Crippen molar-refractivity contribution in [2.45, 2.75) is 104 Å². The molecule has 0 nitrogen and oxygen atoms in total. The normalized spacial score (nSPS) is 12.1. The van der Waals surface area contributed by atoms with E-state index in [9.17, 15) is 52.7 Å². The van der Waals surface area contributed by atoms with Crippen LogP contribution in [0.25, 0.3) is 43.8 Å². The van der Waals surface area contributed by atoms with E-state index in [1.165, 1.54) is 0 Å². The molecular formula is C46H44Cl2F12SiZr. The minimum absolute atomic E-state index is 0.0643. The third kappa shape index (κ3) is 13.5. The number of alkyl halides is 12.